The van der Waals surface area contributed by atoms with Crippen LogP contribution in [0, 0.1) is 13.8 Å². The molecule has 6 heteroatoms. The van der Waals surface area contributed by atoms with Crippen molar-refractivity contribution in [2.45, 2.75) is 13.8 Å². The van der Waals surface area contributed by atoms with E-state index in [2.05, 4.69) is 10.6 Å². The van der Waals surface area contributed by atoms with Gasteiger partial charge in [0.25, 0.3) is 0 Å². The Labute approximate surface area is 146 Å². The van der Waals surface area contributed by atoms with Crippen molar-refractivity contribution in [3.8, 4) is 11.5 Å². The van der Waals surface area contributed by atoms with Crippen LogP contribution in [0.25, 0.3) is 0 Å². The van der Waals surface area contributed by atoms with E-state index in [-0.39, 0.29) is 6.03 Å². The number of benzene rings is 2. The number of urea groups is 1. The van der Waals surface area contributed by atoms with Gasteiger partial charge >= 0.3 is 6.03 Å². The molecular weight excluding hydrogens is 328 g/mol. The lowest BCUT2D eigenvalue weighted by atomic mass is 10.1. The molecule has 0 fully saturated rings. The van der Waals surface area contributed by atoms with Crippen LogP contribution in [0.3, 0.4) is 0 Å². The van der Waals surface area contributed by atoms with E-state index < -0.39 is 0 Å². The van der Waals surface area contributed by atoms with Gasteiger partial charge in [-0.3, -0.25) is 0 Å². The summed E-state index contributed by atoms with van der Waals surface area (Å²) in [7, 11) is 1.53. The highest BCUT2D eigenvalue weighted by molar-refractivity contribution is 6.31. The van der Waals surface area contributed by atoms with Crippen molar-refractivity contribution >= 4 is 23.3 Å². The van der Waals surface area contributed by atoms with Crippen LogP contribution >= 0.6 is 11.6 Å². The Kier molecular flexibility index (Phi) is 6.32. The molecule has 0 aliphatic heterocycles. The van der Waals surface area contributed by atoms with Gasteiger partial charge in [-0.25, -0.2) is 4.79 Å². The van der Waals surface area contributed by atoms with E-state index in [1.165, 1.54) is 7.11 Å². The number of hydrogen-bond donors (Lipinski definition) is 2. The number of methoxy groups -OCH3 is 1. The fourth-order valence-electron chi connectivity index (χ4n) is 2.13. The quantitative estimate of drug-likeness (QED) is 0.770. The molecule has 2 aromatic rings. The van der Waals surface area contributed by atoms with Gasteiger partial charge in [0.15, 0.2) is 0 Å². The second-order valence-corrected chi connectivity index (χ2v) is 5.78. The topological polar surface area (TPSA) is 59.6 Å². The number of nitrogens with one attached hydrogen (secondary N) is 2. The van der Waals surface area contributed by atoms with E-state index >= 15 is 0 Å². The van der Waals surface area contributed by atoms with Crippen LogP contribution in [-0.2, 0) is 0 Å². The molecule has 2 N–H and O–H groups in total. The van der Waals surface area contributed by atoms with Crippen molar-refractivity contribution < 1.29 is 14.3 Å². The molecule has 0 unspecified atom stereocenters. The summed E-state index contributed by atoms with van der Waals surface area (Å²) in [6.07, 6.45) is 0. The number of hydrogen-bond acceptors (Lipinski definition) is 3. The fourth-order valence-corrected chi connectivity index (χ4v) is 2.30. The molecule has 24 heavy (non-hydrogen) atoms. The predicted molar refractivity (Wildman–Crippen MR) is 96.4 cm³/mol. The van der Waals surface area contributed by atoms with Gasteiger partial charge < -0.3 is 20.1 Å². The fraction of sp³-hybridized carbons (Fsp3) is 0.278. The van der Waals surface area contributed by atoms with Crippen LogP contribution < -0.4 is 20.1 Å². The first-order valence-corrected chi connectivity index (χ1v) is 7.96. The maximum absolute atomic E-state index is 11.9. The van der Waals surface area contributed by atoms with Crippen molar-refractivity contribution in [3.63, 3.8) is 0 Å². The minimum absolute atomic E-state index is 0.347. The lowest BCUT2D eigenvalue weighted by Gasteiger charge is -2.13. The standard InChI is InChI=1S/C18H21ClN2O3/c1-12-4-5-13(2)17(10-12)24-9-8-20-18(22)21-15-11-14(19)6-7-16(15)23-3/h4-7,10-11H,8-9H2,1-3H3,(H2,20,21,22). The number of carbonyl (C=O) groups is 1. The molecule has 0 heterocycles. The zero-order chi connectivity index (χ0) is 17.5. The predicted octanol–water partition coefficient (Wildman–Crippen LogP) is 4.17. The molecule has 0 radical (unpaired) electrons. The zero-order valence-electron chi connectivity index (χ0n) is 14.0. The normalized spacial score (nSPS) is 10.2. The third-order valence-corrected chi connectivity index (χ3v) is 3.63. The minimum atomic E-state index is -0.347. The molecule has 0 aliphatic rings. The van der Waals surface area contributed by atoms with Crippen molar-refractivity contribution in [2.24, 2.45) is 0 Å². The molecule has 0 aromatic heterocycles. The Hall–Kier alpha value is -2.40. The third-order valence-electron chi connectivity index (χ3n) is 3.40. The highest BCUT2D eigenvalue weighted by Gasteiger charge is 2.08. The molecule has 0 saturated heterocycles. The van der Waals surface area contributed by atoms with Crippen molar-refractivity contribution in [2.75, 3.05) is 25.6 Å². The van der Waals surface area contributed by atoms with Gasteiger partial charge in [-0.2, -0.15) is 0 Å². The number of rotatable bonds is 6. The maximum Gasteiger partial charge on any atom is 0.319 e. The largest absolute Gasteiger partial charge is 0.495 e. The van der Waals surface area contributed by atoms with Crippen LogP contribution in [-0.4, -0.2) is 26.3 Å². The monoisotopic (exact) mass is 348 g/mol. The first-order valence-electron chi connectivity index (χ1n) is 7.58. The van der Waals surface area contributed by atoms with Crippen LogP contribution in [0.1, 0.15) is 11.1 Å². The van der Waals surface area contributed by atoms with Crippen LogP contribution in [0.5, 0.6) is 11.5 Å². The Balaban J connectivity index is 1.81. The number of amides is 2. The molecule has 2 aromatic carbocycles. The third kappa shape index (κ3) is 5.06. The van der Waals surface area contributed by atoms with Gasteiger partial charge in [0.2, 0.25) is 0 Å². The average Bonchev–Trinajstić information content (AvgIpc) is 2.55. The first-order chi connectivity index (χ1) is 11.5. The summed E-state index contributed by atoms with van der Waals surface area (Å²) in [5, 5.41) is 5.96. The smallest absolute Gasteiger partial charge is 0.319 e. The number of aryl methyl sites for hydroxylation is 2. The van der Waals surface area contributed by atoms with Crippen molar-refractivity contribution in [1.82, 2.24) is 5.32 Å². The highest BCUT2D eigenvalue weighted by Crippen LogP contribution is 2.27. The highest BCUT2D eigenvalue weighted by atomic mass is 35.5. The Morgan fingerprint density at radius 1 is 1.12 bits per heavy atom. The molecule has 0 bridgehead atoms. The van der Waals surface area contributed by atoms with Crippen LogP contribution in [0.4, 0.5) is 10.5 Å². The zero-order valence-corrected chi connectivity index (χ0v) is 14.7. The summed E-state index contributed by atoms with van der Waals surface area (Å²) in [4.78, 5) is 11.9. The van der Waals surface area contributed by atoms with E-state index in [0.29, 0.717) is 29.6 Å². The van der Waals surface area contributed by atoms with Gasteiger partial charge in [0, 0.05) is 5.02 Å². The maximum atomic E-state index is 11.9. The molecule has 2 amide bonds. The van der Waals surface area contributed by atoms with Gasteiger partial charge in [-0.15, -0.1) is 0 Å². The van der Waals surface area contributed by atoms with Crippen molar-refractivity contribution in [1.29, 1.82) is 0 Å². The van der Waals surface area contributed by atoms with Crippen molar-refractivity contribution in [3.05, 3.63) is 52.5 Å². The summed E-state index contributed by atoms with van der Waals surface area (Å²) < 4.78 is 10.9. The summed E-state index contributed by atoms with van der Waals surface area (Å²) in [5.74, 6) is 1.37. The van der Waals surface area contributed by atoms with Gasteiger partial charge in [0.1, 0.15) is 18.1 Å². The van der Waals surface area contributed by atoms with E-state index in [4.69, 9.17) is 21.1 Å². The van der Waals surface area contributed by atoms with Gasteiger partial charge in [0.05, 0.1) is 19.3 Å². The summed E-state index contributed by atoms with van der Waals surface area (Å²) in [6, 6.07) is 10.7. The summed E-state index contributed by atoms with van der Waals surface area (Å²) in [5.41, 5.74) is 2.71. The molecule has 0 atom stereocenters. The molecule has 128 valence electrons. The Bertz CT molecular complexity index is 719. The van der Waals surface area contributed by atoms with Crippen LogP contribution in [0.2, 0.25) is 5.02 Å². The van der Waals surface area contributed by atoms with Gasteiger partial charge in [-0.05, 0) is 49.2 Å². The Morgan fingerprint density at radius 3 is 2.67 bits per heavy atom. The number of anilines is 1. The number of ether oxygens (including phenoxy) is 2. The molecule has 0 aliphatic carbocycles. The van der Waals surface area contributed by atoms with Crippen LogP contribution in [0.15, 0.2) is 36.4 Å². The molecule has 2 rings (SSSR count). The molecule has 0 spiro atoms. The lowest BCUT2D eigenvalue weighted by Crippen LogP contribution is -2.32. The van der Waals surface area contributed by atoms with E-state index in [0.717, 1.165) is 16.9 Å². The lowest BCUT2D eigenvalue weighted by molar-refractivity contribution is 0.247. The number of carbonyl (C=O) groups excluding carboxylic acids is 1. The minimum Gasteiger partial charge on any atom is -0.495 e. The van der Waals surface area contributed by atoms with E-state index in [1.807, 2.05) is 32.0 Å². The van der Waals surface area contributed by atoms with E-state index in [1.54, 1.807) is 18.2 Å². The second kappa shape index (κ2) is 8.45. The summed E-state index contributed by atoms with van der Waals surface area (Å²) in [6.45, 7) is 4.75. The molecule has 5 nitrogen and oxygen atoms in total. The summed E-state index contributed by atoms with van der Waals surface area (Å²) >= 11 is 5.93. The molecular formula is C18H21ClN2O3. The Morgan fingerprint density at radius 2 is 1.92 bits per heavy atom. The second-order valence-electron chi connectivity index (χ2n) is 5.34. The average molecular weight is 349 g/mol. The first kappa shape index (κ1) is 17.9. The SMILES string of the molecule is COc1ccc(Cl)cc1NC(=O)NCCOc1cc(C)ccc1C. The van der Waals surface area contributed by atoms with Gasteiger partial charge in [-0.1, -0.05) is 23.7 Å². The number of halogens is 1. The molecule has 0 saturated carbocycles. The van der Waals surface area contributed by atoms with E-state index in [9.17, 15) is 4.79 Å².